The number of anilines is 1. The number of amides is 2. The molecule has 7 nitrogen and oxygen atoms in total. The van der Waals surface area contributed by atoms with Crippen LogP contribution in [0.2, 0.25) is 0 Å². The van der Waals surface area contributed by atoms with Crippen molar-refractivity contribution in [3.05, 3.63) is 65.2 Å². The van der Waals surface area contributed by atoms with Crippen LogP contribution in [0.5, 0.6) is 0 Å². The Morgan fingerprint density at radius 1 is 1.07 bits per heavy atom. The maximum atomic E-state index is 12.1. The maximum absolute atomic E-state index is 12.1. The predicted octanol–water partition coefficient (Wildman–Crippen LogP) is 2.23. The summed E-state index contributed by atoms with van der Waals surface area (Å²) in [6.07, 6.45) is 0.564. The number of carbonyl (C=O) groups excluding carboxylic acids is 3. The highest BCUT2D eigenvalue weighted by Gasteiger charge is 2.22. The number of rotatable bonds is 5. The molecule has 2 aromatic rings. The van der Waals surface area contributed by atoms with Gasteiger partial charge in [-0.05, 0) is 48.7 Å². The summed E-state index contributed by atoms with van der Waals surface area (Å²) in [4.78, 5) is 35.8. The molecule has 1 heterocycles. The molecule has 0 saturated carbocycles. The number of nitrogens with one attached hydrogen (secondary N) is 2. The molecule has 0 aromatic heterocycles. The van der Waals surface area contributed by atoms with Gasteiger partial charge in [0.15, 0.2) is 0 Å². The number of benzene rings is 2. The number of hydrogen-bond acceptors (Lipinski definition) is 5. The number of hydrogen-bond donors (Lipinski definition) is 2. The van der Waals surface area contributed by atoms with Crippen molar-refractivity contribution >= 4 is 23.5 Å². The van der Waals surface area contributed by atoms with Gasteiger partial charge >= 0.3 is 17.8 Å². The van der Waals surface area contributed by atoms with Crippen molar-refractivity contribution in [2.24, 2.45) is 0 Å². The van der Waals surface area contributed by atoms with Gasteiger partial charge in [-0.2, -0.15) is 0 Å². The summed E-state index contributed by atoms with van der Waals surface area (Å²) < 4.78 is 10.6. The summed E-state index contributed by atoms with van der Waals surface area (Å²) in [6.45, 7) is 2.80. The average Bonchev–Trinajstić information content (AvgIpc) is 2.72. The highest BCUT2D eigenvalue weighted by molar-refractivity contribution is 6.39. The van der Waals surface area contributed by atoms with Gasteiger partial charge in [-0.3, -0.25) is 9.59 Å². The van der Waals surface area contributed by atoms with Crippen molar-refractivity contribution in [3.8, 4) is 0 Å². The average molecular weight is 382 g/mol. The molecule has 0 aliphatic carbocycles. The molecule has 0 saturated heterocycles. The Bertz CT molecular complexity index is 863. The summed E-state index contributed by atoms with van der Waals surface area (Å²) in [7, 11) is 0. The van der Waals surface area contributed by atoms with E-state index in [9.17, 15) is 14.4 Å². The van der Waals surface area contributed by atoms with E-state index in [1.807, 2.05) is 24.3 Å². The fourth-order valence-corrected chi connectivity index (χ4v) is 3.00. The minimum absolute atomic E-state index is 0.213. The molecule has 0 bridgehead atoms. The van der Waals surface area contributed by atoms with Crippen molar-refractivity contribution in [2.45, 2.75) is 19.4 Å². The first-order chi connectivity index (χ1) is 13.6. The van der Waals surface area contributed by atoms with E-state index in [1.54, 1.807) is 6.92 Å². The molecule has 146 valence electrons. The lowest BCUT2D eigenvalue weighted by atomic mass is 9.97. The van der Waals surface area contributed by atoms with Crippen molar-refractivity contribution < 1.29 is 23.9 Å². The van der Waals surface area contributed by atoms with Gasteiger partial charge in [0.1, 0.15) is 6.10 Å². The second-order valence-electron chi connectivity index (χ2n) is 6.27. The molecule has 7 heteroatoms. The molecule has 1 atom stereocenters. The molecule has 0 fully saturated rings. The molecule has 0 unspecified atom stereocenters. The monoisotopic (exact) mass is 382 g/mol. The molecule has 1 aliphatic heterocycles. The van der Waals surface area contributed by atoms with Crippen LogP contribution in [0.25, 0.3) is 0 Å². The lowest BCUT2D eigenvalue weighted by Crippen LogP contribution is -2.38. The number of ether oxygens (including phenoxy) is 2. The third-order valence-corrected chi connectivity index (χ3v) is 4.40. The van der Waals surface area contributed by atoms with Crippen LogP contribution in [0.1, 0.15) is 34.5 Å². The Kier molecular flexibility index (Phi) is 6.39. The molecular weight excluding hydrogens is 360 g/mol. The van der Waals surface area contributed by atoms with E-state index in [0.717, 1.165) is 12.0 Å². The normalized spacial score (nSPS) is 15.2. The fourth-order valence-electron chi connectivity index (χ4n) is 3.00. The van der Waals surface area contributed by atoms with E-state index >= 15 is 0 Å². The largest absolute Gasteiger partial charge is 0.462 e. The Labute approximate surface area is 163 Å². The summed E-state index contributed by atoms with van der Waals surface area (Å²) in [5.74, 6) is -1.97. The first kappa shape index (κ1) is 19.6. The molecule has 2 aromatic carbocycles. The summed E-state index contributed by atoms with van der Waals surface area (Å²) >= 11 is 0. The number of carbonyl (C=O) groups is 3. The van der Waals surface area contributed by atoms with Crippen LogP contribution in [0.4, 0.5) is 5.69 Å². The molecule has 2 amide bonds. The SMILES string of the molecule is CCOC(=O)c1ccc(NC(=O)C(=O)NC[C@H]2OCCc3ccccc32)cc1. The lowest BCUT2D eigenvalue weighted by Gasteiger charge is -2.26. The van der Waals surface area contributed by atoms with Crippen LogP contribution < -0.4 is 10.6 Å². The Morgan fingerprint density at radius 2 is 1.82 bits per heavy atom. The Hall–Kier alpha value is -3.19. The van der Waals surface area contributed by atoms with E-state index in [-0.39, 0.29) is 19.3 Å². The maximum Gasteiger partial charge on any atom is 0.338 e. The fraction of sp³-hybridized carbons (Fsp3) is 0.286. The molecule has 2 N–H and O–H groups in total. The molecule has 0 radical (unpaired) electrons. The minimum atomic E-state index is -0.784. The number of fused-ring (bicyclic) bond motifs is 1. The Morgan fingerprint density at radius 3 is 2.57 bits per heavy atom. The van der Waals surface area contributed by atoms with Crippen LogP contribution in [0, 0.1) is 0 Å². The van der Waals surface area contributed by atoms with Crippen LogP contribution >= 0.6 is 0 Å². The highest BCUT2D eigenvalue weighted by atomic mass is 16.5. The van der Waals surface area contributed by atoms with Crippen LogP contribution in [0.15, 0.2) is 48.5 Å². The van der Waals surface area contributed by atoms with Gasteiger partial charge in [-0.15, -0.1) is 0 Å². The van der Waals surface area contributed by atoms with E-state index in [0.29, 0.717) is 17.9 Å². The van der Waals surface area contributed by atoms with Crippen molar-refractivity contribution in [3.63, 3.8) is 0 Å². The van der Waals surface area contributed by atoms with Gasteiger partial charge in [-0.1, -0.05) is 24.3 Å². The predicted molar refractivity (Wildman–Crippen MR) is 103 cm³/mol. The topological polar surface area (TPSA) is 93.7 Å². The van der Waals surface area contributed by atoms with Gasteiger partial charge in [0.25, 0.3) is 0 Å². The molecular formula is C21H22N2O5. The van der Waals surface area contributed by atoms with Crippen molar-refractivity contribution in [1.29, 1.82) is 0 Å². The highest BCUT2D eigenvalue weighted by Crippen LogP contribution is 2.26. The van der Waals surface area contributed by atoms with E-state index in [2.05, 4.69) is 10.6 Å². The van der Waals surface area contributed by atoms with Gasteiger partial charge in [0, 0.05) is 12.2 Å². The van der Waals surface area contributed by atoms with Crippen LogP contribution in [0.3, 0.4) is 0 Å². The van der Waals surface area contributed by atoms with Crippen molar-refractivity contribution in [2.75, 3.05) is 25.1 Å². The quantitative estimate of drug-likeness (QED) is 0.611. The van der Waals surface area contributed by atoms with E-state index in [1.165, 1.54) is 29.8 Å². The van der Waals surface area contributed by atoms with Gasteiger partial charge in [-0.25, -0.2) is 4.79 Å². The third-order valence-electron chi connectivity index (χ3n) is 4.40. The van der Waals surface area contributed by atoms with Crippen LogP contribution in [-0.4, -0.2) is 37.5 Å². The zero-order valence-electron chi connectivity index (χ0n) is 15.6. The van der Waals surface area contributed by atoms with Crippen LogP contribution in [-0.2, 0) is 25.5 Å². The van der Waals surface area contributed by atoms with Crippen molar-refractivity contribution in [1.82, 2.24) is 5.32 Å². The zero-order valence-corrected chi connectivity index (χ0v) is 15.6. The molecule has 3 rings (SSSR count). The minimum Gasteiger partial charge on any atom is -0.462 e. The smallest absolute Gasteiger partial charge is 0.338 e. The summed E-state index contributed by atoms with van der Waals surface area (Å²) in [6, 6.07) is 14.0. The third kappa shape index (κ3) is 4.75. The Balaban J connectivity index is 1.53. The molecule has 28 heavy (non-hydrogen) atoms. The molecule has 0 spiro atoms. The molecule has 1 aliphatic rings. The summed E-state index contributed by atoms with van der Waals surface area (Å²) in [5, 5.41) is 5.11. The van der Waals surface area contributed by atoms with Gasteiger partial charge < -0.3 is 20.1 Å². The lowest BCUT2D eigenvalue weighted by molar-refractivity contribution is -0.136. The first-order valence-corrected chi connectivity index (χ1v) is 9.14. The summed E-state index contributed by atoms with van der Waals surface area (Å²) in [5.41, 5.74) is 3.01. The van der Waals surface area contributed by atoms with Gasteiger partial charge in [0.2, 0.25) is 0 Å². The standard InChI is InChI=1S/C21H22N2O5/c1-2-27-21(26)15-7-9-16(10-8-15)23-20(25)19(24)22-13-18-17-6-4-3-5-14(17)11-12-28-18/h3-10,18H,2,11-13H2,1H3,(H,22,24)(H,23,25)/t18-/m1/s1. The zero-order chi connectivity index (χ0) is 19.9. The second-order valence-corrected chi connectivity index (χ2v) is 6.27. The van der Waals surface area contributed by atoms with Gasteiger partial charge in [0.05, 0.1) is 18.8 Å². The van der Waals surface area contributed by atoms with E-state index in [4.69, 9.17) is 9.47 Å². The second kappa shape index (κ2) is 9.14. The number of esters is 1. The first-order valence-electron chi connectivity index (χ1n) is 9.14. The van der Waals surface area contributed by atoms with E-state index < -0.39 is 17.8 Å².